The van der Waals surface area contributed by atoms with E-state index in [9.17, 15) is 13.2 Å². The van der Waals surface area contributed by atoms with E-state index in [1.54, 1.807) is 0 Å². The minimum Gasteiger partial charge on any atom is -0.329 e. The SMILES string of the molecule is CN1CCN(Cc2cc(F)c(F)c(F)c2)C(CN)C1. The molecule has 0 spiro atoms. The van der Waals surface area contributed by atoms with Crippen molar-refractivity contribution in [3.05, 3.63) is 35.1 Å². The summed E-state index contributed by atoms with van der Waals surface area (Å²) < 4.78 is 39.2. The molecule has 1 fully saturated rings. The van der Waals surface area contributed by atoms with E-state index in [1.807, 2.05) is 7.05 Å². The summed E-state index contributed by atoms with van der Waals surface area (Å²) in [6, 6.07) is 2.24. The third-order valence-electron chi connectivity index (χ3n) is 3.51. The molecule has 0 aromatic heterocycles. The molecule has 1 heterocycles. The first-order chi connectivity index (χ1) is 9.01. The van der Waals surface area contributed by atoms with Gasteiger partial charge in [0.1, 0.15) is 0 Å². The fourth-order valence-corrected chi connectivity index (χ4v) is 2.41. The van der Waals surface area contributed by atoms with Crippen molar-refractivity contribution in [1.82, 2.24) is 9.80 Å². The van der Waals surface area contributed by atoms with Crippen molar-refractivity contribution in [1.29, 1.82) is 0 Å². The van der Waals surface area contributed by atoms with Crippen molar-refractivity contribution < 1.29 is 13.2 Å². The summed E-state index contributed by atoms with van der Waals surface area (Å²) in [4.78, 5) is 4.24. The van der Waals surface area contributed by atoms with Crippen LogP contribution in [-0.2, 0) is 6.54 Å². The molecule has 1 aromatic rings. The minimum absolute atomic E-state index is 0.148. The maximum atomic E-state index is 13.2. The summed E-state index contributed by atoms with van der Waals surface area (Å²) in [6.07, 6.45) is 0. The van der Waals surface area contributed by atoms with Crippen molar-refractivity contribution in [2.24, 2.45) is 5.73 Å². The minimum atomic E-state index is -1.42. The Morgan fingerprint density at radius 2 is 1.84 bits per heavy atom. The molecule has 1 atom stereocenters. The predicted molar refractivity (Wildman–Crippen MR) is 67.1 cm³/mol. The first-order valence-electron chi connectivity index (χ1n) is 6.27. The lowest BCUT2D eigenvalue weighted by molar-refractivity contribution is 0.0879. The highest BCUT2D eigenvalue weighted by atomic mass is 19.2. The molecule has 1 aromatic carbocycles. The molecule has 2 rings (SSSR count). The van der Waals surface area contributed by atoms with E-state index in [-0.39, 0.29) is 6.04 Å². The molecule has 1 aliphatic heterocycles. The van der Waals surface area contributed by atoms with Gasteiger partial charge in [-0.3, -0.25) is 4.90 Å². The maximum Gasteiger partial charge on any atom is 0.194 e. The second-order valence-corrected chi connectivity index (χ2v) is 5.00. The summed E-state index contributed by atoms with van der Waals surface area (Å²) in [5.41, 5.74) is 6.15. The van der Waals surface area contributed by atoms with Gasteiger partial charge in [-0.05, 0) is 24.7 Å². The number of hydrogen-bond acceptors (Lipinski definition) is 3. The molecular formula is C13H18F3N3. The third kappa shape index (κ3) is 3.26. The van der Waals surface area contributed by atoms with Crippen LogP contribution in [0.15, 0.2) is 12.1 Å². The van der Waals surface area contributed by atoms with Crippen molar-refractivity contribution in [3.63, 3.8) is 0 Å². The van der Waals surface area contributed by atoms with E-state index in [2.05, 4.69) is 9.80 Å². The molecule has 0 aliphatic carbocycles. The van der Waals surface area contributed by atoms with Gasteiger partial charge in [-0.15, -0.1) is 0 Å². The standard InChI is InChI=1S/C13H18F3N3/c1-18-2-3-19(10(6-17)8-18)7-9-4-11(14)13(16)12(15)5-9/h4-5,10H,2-3,6-8,17H2,1H3. The van der Waals surface area contributed by atoms with E-state index in [1.165, 1.54) is 0 Å². The van der Waals surface area contributed by atoms with E-state index in [4.69, 9.17) is 5.73 Å². The van der Waals surface area contributed by atoms with Crippen molar-refractivity contribution in [2.45, 2.75) is 12.6 Å². The maximum absolute atomic E-state index is 13.2. The number of likely N-dealkylation sites (N-methyl/N-ethyl adjacent to an activating group) is 1. The molecule has 19 heavy (non-hydrogen) atoms. The summed E-state index contributed by atoms with van der Waals surface area (Å²) in [5.74, 6) is -3.71. The second kappa shape index (κ2) is 5.90. The van der Waals surface area contributed by atoms with E-state index in [0.29, 0.717) is 18.7 Å². The summed E-state index contributed by atoms with van der Waals surface area (Å²) in [5, 5.41) is 0. The third-order valence-corrected chi connectivity index (χ3v) is 3.51. The van der Waals surface area contributed by atoms with Crippen LogP contribution in [0.2, 0.25) is 0 Å². The van der Waals surface area contributed by atoms with E-state index >= 15 is 0 Å². The molecule has 3 nitrogen and oxygen atoms in total. The number of nitrogens with zero attached hydrogens (tertiary/aromatic N) is 2. The normalized spacial score (nSPS) is 21.8. The van der Waals surface area contributed by atoms with Crippen LogP contribution in [0.5, 0.6) is 0 Å². The average Bonchev–Trinajstić information content (AvgIpc) is 2.38. The van der Waals surface area contributed by atoms with Crippen LogP contribution >= 0.6 is 0 Å². The molecular weight excluding hydrogens is 255 g/mol. The van der Waals surface area contributed by atoms with Crippen molar-refractivity contribution >= 4 is 0 Å². The van der Waals surface area contributed by atoms with Gasteiger partial charge < -0.3 is 10.6 Å². The molecule has 106 valence electrons. The Labute approximate surface area is 110 Å². The highest BCUT2D eigenvalue weighted by Gasteiger charge is 2.24. The highest BCUT2D eigenvalue weighted by molar-refractivity contribution is 5.19. The Balaban J connectivity index is 2.12. The number of nitrogens with two attached hydrogens (primary N) is 1. The van der Waals surface area contributed by atoms with Gasteiger partial charge in [0.2, 0.25) is 0 Å². The zero-order valence-electron chi connectivity index (χ0n) is 10.9. The van der Waals surface area contributed by atoms with Crippen LogP contribution in [0, 0.1) is 17.5 Å². The Hall–Kier alpha value is -1.11. The number of halogens is 3. The Morgan fingerprint density at radius 1 is 1.21 bits per heavy atom. The first-order valence-corrected chi connectivity index (χ1v) is 6.27. The summed E-state index contributed by atoms with van der Waals surface area (Å²) in [6.45, 7) is 3.34. The lowest BCUT2D eigenvalue weighted by atomic mass is 10.1. The van der Waals surface area contributed by atoms with Gasteiger partial charge in [-0.2, -0.15) is 0 Å². The highest BCUT2D eigenvalue weighted by Crippen LogP contribution is 2.17. The zero-order chi connectivity index (χ0) is 14.0. The van der Waals surface area contributed by atoms with E-state index < -0.39 is 17.5 Å². The molecule has 1 aliphatic rings. The van der Waals surface area contributed by atoms with Crippen molar-refractivity contribution in [2.75, 3.05) is 33.2 Å². The molecule has 0 saturated carbocycles. The van der Waals surface area contributed by atoms with Gasteiger partial charge in [0.15, 0.2) is 17.5 Å². The van der Waals surface area contributed by atoms with Crippen LogP contribution in [0.1, 0.15) is 5.56 Å². The second-order valence-electron chi connectivity index (χ2n) is 5.00. The Bertz CT molecular complexity index is 430. The van der Waals surface area contributed by atoms with Crippen molar-refractivity contribution in [3.8, 4) is 0 Å². The Morgan fingerprint density at radius 3 is 2.42 bits per heavy atom. The number of piperazine rings is 1. The average molecular weight is 273 g/mol. The van der Waals surface area contributed by atoms with Gasteiger partial charge in [-0.1, -0.05) is 0 Å². The molecule has 0 radical (unpaired) electrons. The van der Waals surface area contributed by atoms with Crippen LogP contribution in [0.4, 0.5) is 13.2 Å². The fraction of sp³-hybridized carbons (Fsp3) is 0.538. The molecule has 0 amide bonds. The lowest BCUT2D eigenvalue weighted by Crippen LogP contribution is -2.54. The van der Waals surface area contributed by atoms with Crippen LogP contribution in [-0.4, -0.2) is 49.1 Å². The van der Waals surface area contributed by atoms with Crippen LogP contribution in [0.3, 0.4) is 0 Å². The van der Waals surface area contributed by atoms with Crippen LogP contribution < -0.4 is 5.73 Å². The fourth-order valence-electron chi connectivity index (χ4n) is 2.41. The number of benzene rings is 1. The summed E-state index contributed by atoms with van der Waals surface area (Å²) >= 11 is 0. The lowest BCUT2D eigenvalue weighted by Gasteiger charge is -2.39. The molecule has 0 bridgehead atoms. The van der Waals surface area contributed by atoms with Crippen LogP contribution in [0.25, 0.3) is 0 Å². The quantitative estimate of drug-likeness (QED) is 0.839. The molecule has 6 heteroatoms. The number of hydrogen-bond donors (Lipinski definition) is 1. The number of rotatable bonds is 3. The van der Waals surface area contributed by atoms with Gasteiger partial charge in [0, 0.05) is 38.8 Å². The monoisotopic (exact) mass is 273 g/mol. The first kappa shape index (κ1) is 14.3. The molecule has 2 N–H and O–H groups in total. The molecule has 1 saturated heterocycles. The van der Waals surface area contributed by atoms with Gasteiger partial charge in [0.05, 0.1) is 0 Å². The largest absolute Gasteiger partial charge is 0.329 e. The zero-order valence-corrected chi connectivity index (χ0v) is 10.9. The van der Waals surface area contributed by atoms with E-state index in [0.717, 1.165) is 31.8 Å². The predicted octanol–water partition coefficient (Wildman–Crippen LogP) is 1.18. The Kier molecular flexibility index (Phi) is 4.44. The smallest absolute Gasteiger partial charge is 0.194 e. The van der Waals surface area contributed by atoms with Gasteiger partial charge >= 0.3 is 0 Å². The topological polar surface area (TPSA) is 32.5 Å². The summed E-state index contributed by atoms with van der Waals surface area (Å²) in [7, 11) is 2.01. The molecule has 1 unspecified atom stereocenters. The van der Waals surface area contributed by atoms with Gasteiger partial charge in [0.25, 0.3) is 0 Å². The van der Waals surface area contributed by atoms with Gasteiger partial charge in [-0.25, -0.2) is 13.2 Å².